The zero-order valence-corrected chi connectivity index (χ0v) is 9.60. The summed E-state index contributed by atoms with van der Waals surface area (Å²) in [4.78, 5) is 10.9. The van der Waals surface area contributed by atoms with Gasteiger partial charge in [0.2, 0.25) is 0 Å². The molecule has 88 valence electrons. The summed E-state index contributed by atoms with van der Waals surface area (Å²) < 4.78 is 0. The molecular formula is C14H15NO2. The average Bonchev–Trinajstić information content (AvgIpc) is 2.39. The van der Waals surface area contributed by atoms with Gasteiger partial charge < -0.3 is 5.11 Å². The molecule has 2 rings (SSSR count). The molecule has 3 heteroatoms. The summed E-state index contributed by atoms with van der Waals surface area (Å²) in [7, 11) is 0. The van der Waals surface area contributed by atoms with Crippen LogP contribution in [0.15, 0.2) is 24.3 Å². The molecule has 0 saturated heterocycles. The quantitative estimate of drug-likeness (QED) is 0.848. The van der Waals surface area contributed by atoms with Gasteiger partial charge in [0, 0.05) is 0 Å². The molecule has 1 aliphatic rings. The van der Waals surface area contributed by atoms with Gasteiger partial charge in [0.05, 0.1) is 17.6 Å². The van der Waals surface area contributed by atoms with Crippen LogP contribution < -0.4 is 0 Å². The van der Waals surface area contributed by atoms with Crippen LogP contribution >= 0.6 is 0 Å². The Hall–Kier alpha value is -1.82. The van der Waals surface area contributed by atoms with Crippen LogP contribution in [0.3, 0.4) is 0 Å². The highest BCUT2D eigenvalue weighted by Gasteiger charge is 2.26. The Morgan fingerprint density at radius 1 is 1.29 bits per heavy atom. The summed E-state index contributed by atoms with van der Waals surface area (Å²) in [6.45, 7) is 0. The summed E-state index contributed by atoms with van der Waals surface area (Å²) in [5.74, 6) is -0.432. The summed E-state index contributed by atoms with van der Waals surface area (Å²) >= 11 is 0. The van der Waals surface area contributed by atoms with Crippen molar-refractivity contribution < 1.29 is 9.90 Å². The molecule has 1 aromatic carbocycles. The molecule has 0 heterocycles. The second-order valence-corrected chi connectivity index (χ2v) is 4.62. The van der Waals surface area contributed by atoms with Gasteiger partial charge >= 0.3 is 5.97 Å². The predicted molar refractivity (Wildman–Crippen MR) is 63.5 cm³/mol. The van der Waals surface area contributed by atoms with Gasteiger partial charge in [0.15, 0.2) is 0 Å². The van der Waals surface area contributed by atoms with Crippen LogP contribution in [0.5, 0.6) is 0 Å². The zero-order chi connectivity index (χ0) is 12.3. The Kier molecular flexibility index (Phi) is 3.43. The van der Waals surface area contributed by atoms with E-state index in [1.165, 1.54) is 5.56 Å². The Morgan fingerprint density at radius 3 is 2.59 bits per heavy atom. The number of carbonyl (C=O) groups is 1. The van der Waals surface area contributed by atoms with Crippen molar-refractivity contribution in [1.82, 2.24) is 0 Å². The maximum Gasteiger partial charge on any atom is 0.306 e. The first-order valence-corrected chi connectivity index (χ1v) is 5.93. The molecule has 0 atom stereocenters. The number of aliphatic carboxylic acids is 1. The second-order valence-electron chi connectivity index (χ2n) is 4.62. The predicted octanol–water partition coefficient (Wildman–Crippen LogP) is 2.92. The molecular weight excluding hydrogens is 214 g/mol. The minimum absolute atomic E-state index is 0.176. The third-order valence-corrected chi connectivity index (χ3v) is 3.56. The molecule has 1 aliphatic carbocycles. The zero-order valence-electron chi connectivity index (χ0n) is 9.60. The first-order valence-electron chi connectivity index (χ1n) is 5.93. The Balaban J connectivity index is 2.05. The van der Waals surface area contributed by atoms with E-state index < -0.39 is 5.97 Å². The lowest BCUT2D eigenvalue weighted by atomic mass is 9.78. The standard InChI is InChI=1S/C14H15NO2/c15-9-10-2-1-3-13(8-10)11-4-6-12(7-5-11)14(16)17/h1-3,8,11-12H,4-7H2,(H,16,17). The van der Waals surface area contributed by atoms with E-state index in [4.69, 9.17) is 10.4 Å². The van der Waals surface area contributed by atoms with Gasteiger partial charge in [-0.15, -0.1) is 0 Å². The highest BCUT2D eigenvalue weighted by Crippen LogP contribution is 2.35. The molecule has 0 aliphatic heterocycles. The summed E-state index contributed by atoms with van der Waals surface area (Å²) in [5, 5.41) is 17.8. The first-order chi connectivity index (χ1) is 8.20. The van der Waals surface area contributed by atoms with Crippen LogP contribution in [0, 0.1) is 17.2 Å². The van der Waals surface area contributed by atoms with E-state index in [-0.39, 0.29) is 5.92 Å². The van der Waals surface area contributed by atoms with Gasteiger partial charge in [0.25, 0.3) is 0 Å². The topological polar surface area (TPSA) is 61.1 Å². The lowest BCUT2D eigenvalue weighted by Gasteiger charge is -2.26. The minimum atomic E-state index is -0.672. The van der Waals surface area contributed by atoms with Crippen LogP contribution in [0.1, 0.15) is 42.7 Å². The van der Waals surface area contributed by atoms with Crippen LogP contribution in [0.2, 0.25) is 0 Å². The minimum Gasteiger partial charge on any atom is -0.481 e. The van der Waals surface area contributed by atoms with E-state index in [0.29, 0.717) is 11.5 Å². The average molecular weight is 229 g/mol. The fourth-order valence-electron chi connectivity index (χ4n) is 2.54. The monoisotopic (exact) mass is 229 g/mol. The molecule has 0 amide bonds. The molecule has 1 fully saturated rings. The van der Waals surface area contributed by atoms with E-state index in [0.717, 1.165) is 25.7 Å². The lowest BCUT2D eigenvalue weighted by Crippen LogP contribution is -2.20. The smallest absolute Gasteiger partial charge is 0.306 e. The van der Waals surface area contributed by atoms with Gasteiger partial charge in [-0.1, -0.05) is 12.1 Å². The second kappa shape index (κ2) is 5.01. The molecule has 1 N–H and O–H groups in total. The van der Waals surface area contributed by atoms with Crippen molar-refractivity contribution in [3.05, 3.63) is 35.4 Å². The number of carboxylic acid groups (broad SMARTS) is 1. The van der Waals surface area contributed by atoms with Crippen molar-refractivity contribution >= 4 is 5.97 Å². The lowest BCUT2D eigenvalue weighted by molar-refractivity contribution is -0.142. The molecule has 1 saturated carbocycles. The van der Waals surface area contributed by atoms with E-state index in [9.17, 15) is 4.79 Å². The highest BCUT2D eigenvalue weighted by atomic mass is 16.4. The van der Waals surface area contributed by atoms with Gasteiger partial charge in [-0.05, 0) is 49.3 Å². The molecule has 17 heavy (non-hydrogen) atoms. The summed E-state index contributed by atoms with van der Waals surface area (Å²) in [6, 6.07) is 9.79. The molecule has 0 unspecified atom stereocenters. The number of rotatable bonds is 2. The summed E-state index contributed by atoms with van der Waals surface area (Å²) in [5.41, 5.74) is 1.86. The molecule has 0 bridgehead atoms. The fraction of sp³-hybridized carbons (Fsp3) is 0.429. The van der Waals surface area contributed by atoms with Crippen molar-refractivity contribution in [2.75, 3.05) is 0 Å². The van der Waals surface area contributed by atoms with Crippen LogP contribution in [0.25, 0.3) is 0 Å². The van der Waals surface area contributed by atoms with E-state index >= 15 is 0 Å². The number of benzene rings is 1. The van der Waals surface area contributed by atoms with E-state index in [2.05, 4.69) is 6.07 Å². The van der Waals surface area contributed by atoms with Crippen LogP contribution in [0.4, 0.5) is 0 Å². The molecule has 0 spiro atoms. The maximum atomic E-state index is 10.9. The fourth-order valence-corrected chi connectivity index (χ4v) is 2.54. The SMILES string of the molecule is N#Cc1cccc(C2CCC(C(=O)O)CC2)c1. The van der Waals surface area contributed by atoms with Crippen molar-refractivity contribution in [1.29, 1.82) is 5.26 Å². The third-order valence-electron chi connectivity index (χ3n) is 3.56. The Labute approximate surface area is 101 Å². The number of nitrogens with zero attached hydrogens (tertiary/aromatic N) is 1. The van der Waals surface area contributed by atoms with Crippen molar-refractivity contribution in [2.45, 2.75) is 31.6 Å². The van der Waals surface area contributed by atoms with Crippen molar-refractivity contribution in [3.8, 4) is 6.07 Å². The number of hydrogen-bond acceptors (Lipinski definition) is 2. The highest BCUT2D eigenvalue weighted by molar-refractivity contribution is 5.70. The van der Waals surface area contributed by atoms with Gasteiger partial charge in [-0.3, -0.25) is 4.79 Å². The van der Waals surface area contributed by atoms with Gasteiger partial charge in [-0.25, -0.2) is 0 Å². The first kappa shape index (κ1) is 11.7. The molecule has 3 nitrogen and oxygen atoms in total. The molecule has 1 aromatic rings. The maximum absolute atomic E-state index is 10.9. The number of nitriles is 1. The van der Waals surface area contributed by atoms with Gasteiger partial charge in [0.1, 0.15) is 0 Å². The largest absolute Gasteiger partial charge is 0.481 e. The van der Waals surface area contributed by atoms with E-state index in [1.54, 1.807) is 6.07 Å². The normalized spacial score (nSPS) is 23.9. The van der Waals surface area contributed by atoms with Crippen molar-refractivity contribution in [2.24, 2.45) is 5.92 Å². The van der Waals surface area contributed by atoms with Gasteiger partial charge in [-0.2, -0.15) is 5.26 Å². The van der Waals surface area contributed by atoms with Crippen LogP contribution in [-0.4, -0.2) is 11.1 Å². The third kappa shape index (κ3) is 2.65. The number of hydrogen-bond donors (Lipinski definition) is 1. The molecule has 0 radical (unpaired) electrons. The molecule has 0 aromatic heterocycles. The van der Waals surface area contributed by atoms with E-state index in [1.807, 2.05) is 18.2 Å². The van der Waals surface area contributed by atoms with Crippen molar-refractivity contribution in [3.63, 3.8) is 0 Å². The summed E-state index contributed by atoms with van der Waals surface area (Å²) in [6.07, 6.45) is 3.31. The Bertz CT molecular complexity index is 454. The Morgan fingerprint density at radius 2 is 2.00 bits per heavy atom. The number of carboxylic acids is 1. The van der Waals surface area contributed by atoms with Crippen LogP contribution in [-0.2, 0) is 4.79 Å².